The Morgan fingerprint density at radius 3 is 2.19 bits per heavy atom. The highest BCUT2D eigenvalue weighted by Crippen LogP contribution is 2.27. The average Bonchev–Trinajstić information content (AvgIpc) is 2.61. The Morgan fingerprint density at radius 2 is 1.59 bits per heavy atom. The van der Waals surface area contributed by atoms with Crippen molar-refractivity contribution in [3.63, 3.8) is 0 Å². The van der Waals surface area contributed by atoms with E-state index in [0.717, 1.165) is 4.47 Å². The summed E-state index contributed by atoms with van der Waals surface area (Å²) in [5.74, 6) is -0.559. The number of rotatable bonds is 5. The van der Waals surface area contributed by atoms with Gasteiger partial charge in [-0.15, -0.1) is 0 Å². The Balaban J connectivity index is 1.89. The van der Waals surface area contributed by atoms with Gasteiger partial charge in [0.15, 0.2) is 11.6 Å². The Morgan fingerprint density at radius 1 is 1.00 bits per heavy atom. The third-order valence-corrected chi connectivity index (χ3v) is 5.54. The minimum Gasteiger partial charge on any atom is -0.421 e. The molecule has 0 aliphatic carbocycles. The highest BCUT2D eigenvalue weighted by Gasteiger charge is 2.19. The van der Waals surface area contributed by atoms with Crippen LogP contribution in [0.25, 0.3) is 0 Å². The highest BCUT2D eigenvalue weighted by atomic mass is 79.9. The molecule has 0 spiro atoms. The highest BCUT2D eigenvalue weighted by molar-refractivity contribution is 9.10. The maximum absolute atomic E-state index is 13.7. The van der Waals surface area contributed by atoms with Crippen molar-refractivity contribution in [1.29, 1.82) is 0 Å². The lowest BCUT2D eigenvalue weighted by Gasteiger charge is -2.14. The molecule has 1 aromatic heterocycles. The largest absolute Gasteiger partial charge is 0.421 e. The van der Waals surface area contributed by atoms with Gasteiger partial charge in [0.2, 0.25) is 0 Å². The number of para-hydroxylation sites is 1. The van der Waals surface area contributed by atoms with Crippen molar-refractivity contribution in [3.8, 4) is 11.8 Å². The zero-order chi connectivity index (χ0) is 19.6. The van der Waals surface area contributed by atoms with Crippen LogP contribution in [0.3, 0.4) is 0 Å². The molecule has 0 saturated heterocycles. The van der Waals surface area contributed by atoms with Crippen LogP contribution in [0.1, 0.15) is 11.4 Å². The predicted molar refractivity (Wildman–Crippen MR) is 103 cm³/mol. The first-order valence-electron chi connectivity index (χ1n) is 7.82. The van der Waals surface area contributed by atoms with Crippen LogP contribution in [-0.4, -0.2) is 18.4 Å². The summed E-state index contributed by atoms with van der Waals surface area (Å²) in [6, 6.07) is 12.0. The van der Waals surface area contributed by atoms with Gasteiger partial charge in [0.05, 0.1) is 22.0 Å². The lowest BCUT2D eigenvalue weighted by Crippen LogP contribution is -2.16. The summed E-state index contributed by atoms with van der Waals surface area (Å²) in [6.07, 6.45) is 0. The first-order valence-corrected chi connectivity index (χ1v) is 10.1. The van der Waals surface area contributed by atoms with E-state index in [1.54, 1.807) is 38.1 Å². The van der Waals surface area contributed by atoms with Crippen molar-refractivity contribution in [2.75, 3.05) is 4.72 Å². The van der Waals surface area contributed by atoms with Gasteiger partial charge in [-0.3, -0.25) is 4.72 Å². The van der Waals surface area contributed by atoms with Gasteiger partial charge in [0, 0.05) is 4.47 Å². The first kappa shape index (κ1) is 19.2. The van der Waals surface area contributed by atoms with Crippen LogP contribution in [0.2, 0.25) is 0 Å². The first-order chi connectivity index (χ1) is 12.8. The van der Waals surface area contributed by atoms with E-state index in [0.29, 0.717) is 11.4 Å². The molecule has 0 saturated carbocycles. The number of benzene rings is 2. The molecule has 0 radical (unpaired) electrons. The Kier molecular flexibility index (Phi) is 5.43. The maximum atomic E-state index is 13.7. The van der Waals surface area contributed by atoms with Crippen molar-refractivity contribution in [3.05, 3.63) is 70.2 Å². The number of sulfonamides is 1. The van der Waals surface area contributed by atoms with Gasteiger partial charge in [0.1, 0.15) is 0 Å². The monoisotopic (exact) mass is 451 g/mol. The van der Waals surface area contributed by atoms with Crippen LogP contribution in [0.5, 0.6) is 11.8 Å². The van der Waals surface area contributed by atoms with Crippen LogP contribution in [0.15, 0.2) is 57.9 Å². The average molecular weight is 452 g/mol. The van der Waals surface area contributed by atoms with Gasteiger partial charge in [-0.1, -0.05) is 28.1 Å². The van der Waals surface area contributed by atoms with E-state index >= 15 is 0 Å². The molecule has 0 bridgehead atoms. The lowest BCUT2D eigenvalue weighted by atomic mass is 10.3. The van der Waals surface area contributed by atoms with Gasteiger partial charge in [-0.05, 0) is 50.2 Å². The Hall–Kier alpha value is -2.52. The molecule has 9 heteroatoms. The van der Waals surface area contributed by atoms with Crippen LogP contribution in [-0.2, 0) is 10.0 Å². The van der Waals surface area contributed by atoms with Gasteiger partial charge < -0.3 is 4.74 Å². The molecule has 0 aliphatic rings. The normalized spacial score (nSPS) is 11.3. The van der Waals surface area contributed by atoms with E-state index in [1.807, 2.05) is 0 Å². The lowest BCUT2D eigenvalue weighted by molar-refractivity contribution is 0.409. The number of hydrogen-bond donors (Lipinski definition) is 1. The van der Waals surface area contributed by atoms with E-state index in [4.69, 9.17) is 4.74 Å². The molecule has 3 aromatic rings. The quantitative estimate of drug-likeness (QED) is 0.613. The molecular weight excluding hydrogens is 437 g/mol. The van der Waals surface area contributed by atoms with Gasteiger partial charge >= 0.3 is 6.01 Å². The van der Waals surface area contributed by atoms with Gasteiger partial charge in [-0.2, -0.15) is 9.97 Å². The molecule has 0 atom stereocenters. The minimum atomic E-state index is -3.81. The maximum Gasteiger partial charge on any atom is 0.322 e. The molecule has 0 aliphatic heterocycles. The molecule has 0 amide bonds. The van der Waals surface area contributed by atoms with Crippen molar-refractivity contribution in [2.45, 2.75) is 18.7 Å². The fourth-order valence-corrected chi connectivity index (χ4v) is 3.75. The summed E-state index contributed by atoms with van der Waals surface area (Å²) in [4.78, 5) is 8.36. The van der Waals surface area contributed by atoms with Crippen LogP contribution < -0.4 is 9.46 Å². The standard InChI is InChI=1S/C18H15BrFN3O3S/c1-11-17(23-27(24,25)14-9-7-13(19)8-10-14)12(2)22-18(21-11)26-16-6-4-3-5-15(16)20/h3-10,23H,1-2H3. The molecule has 1 heterocycles. The van der Waals surface area contributed by atoms with E-state index in [9.17, 15) is 12.8 Å². The molecular formula is C18H15BrFN3O3S. The van der Waals surface area contributed by atoms with Crippen LogP contribution in [0, 0.1) is 19.7 Å². The predicted octanol–water partition coefficient (Wildman–Crippen LogP) is 4.59. The van der Waals surface area contributed by atoms with Gasteiger partial charge in [0.25, 0.3) is 10.0 Å². The van der Waals surface area contributed by atoms with Crippen molar-refractivity contribution in [1.82, 2.24) is 9.97 Å². The zero-order valence-electron chi connectivity index (χ0n) is 14.4. The Labute approximate surface area is 164 Å². The number of aromatic nitrogens is 2. The van der Waals surface area contributed by atoms with Crippen molar-refractivity contribution in [2.24, 2.45) is 0 Å². The van der Waals surface area contributed by atoms with E-state index in [-0.39, 0.29) is 22.3 Å². The molecule has 27 heavy (non-hydrogen) atoms. The third-order valence-electron chi connectivity index (χ3n) is 3.65. The number of aryl methyl sites for hydroxylation is 2. The second kappa shape index (κ2) is 7.61. The van der Waals surface area contributed by atoms with Crippen molar-refractivity contribution >= 4 is 31.6 Å². The number of halogens is 2. The smallest absolute Gasteiger partial charge is 0.322 e. The molecule has 0 unspecified atom stereocenters. The van der Waals surface area contributed by atoms with Crippen LogP contribution in [0.4, 0.5) is 10.1 Å². The fourth-order valence-electron chi connectivity index (χ4n) is 2.31. The molecule has 6 nitrogen and oxygen atoms in total. The summed E-state index contributed by atoms with van der Waals surface area (Å²) in [5.41, 5.74) is 0.961. The number of nitrogens with zero attached hydrogens (tertiary/aromatic N) is 2. The summed E-state index contributed by atoms with van der Waals surface area (Å²) in [6.45, 7) is 3.23. The topological polar surface area (TPSA) is 81.2 Å². The minimum absolute atomic E-state index is 0.0144. The Bertz CT molecular complexity index is 1070. The summed E-state index contributed by atoms with van der Waals surface area (Å²) in [5, 5.41) is 0. The number of anilines is 1. The molecule has 140 valence electrons. The molecule has 3 rings (SSSR count). The molecule has 0 fully saturated rings. The molecule has 2 aromatic carbocycles. The fraction of sp³-hybridized carbons (Fsp3) is 0.111. The van der Waals surface area contributed by atoms with E-state index in [2.05, 4.69) is 30.6 Å². The number of ether oxygens (including phenoxy) is 1. The van der Waals surface area contributed by atoms with Crippen LogP contribution >= 0.6 is 15.9 Å². The summed E-state index contributed by atoms with van der Waals surface area (Å²) >= 11 is 3.27. The van der Waals surface area contributed by atoms with Crippen molar-refractivity contribution < 1.29 is 17.5 Å². The van der Waals surface area contributed by atoms with E-state index in [1.165, 1.54) is 24.3 Å². The molecule has 1 N–H and O–H groups in total. The summed E-state index contributed by atoms with van der Waals surface area (Å²) < 4.78 is 47.5. The number of nitrogens with one attached hydrogen (secondary N) is 1. The van der Waals surface area contributed by atoms with Gasteiger partial charge in [-0.25, -0.2) is 12.8 Å². The second-order valence-corrected chi connectivity index (χ2v) is 8.24. The number of hydrogen-bond acceptors (Lipinski definition) is 5. The van der Waals surface area contributed by atoms with E-state index < -0.39 is 15.8 Å². The third kappa shape index (κ3) is 4.42. The zero-order valence-corrected chi connectivity index (χ0v) is 16.8. The second-order valence-electron chi connectivity index (χ2n) is 5.64. The summed E-state index contributed by atoms with van der Waals surface area (Å²) in [7, 11) is -3.81. The SMILES string of the molecule is Cc1nc(Oc2ccccc2F)nc(C)c1NS(=O)(=O)c1ccc(Br)cc1.